The zero-order chi connectivity index (χ0) is 11.9. The monoisotopic (exact) mass is 238 g/mol. The number of rotatable bonds is 2. The maximum atomic E-state index is 11.6. The Bertz CT molecular complexity index is 414. The summed E-state index contributed by atoms with van der Waals surface area (Å²) in [6.45, 7) is 3.38. The average molecular weight is 238 g/mol. The second-order valence-electron chi connectivity index (χ2n) is 3.87. The molecule has 2 rings (SSSR count). The summed E-state index contributed by atoms with van der Waals surface area (Å²) in [6, 6.07) is -0.452. The molecule has 0 radical (unpaired) electrons. The van der Waals surface area contributed by atoms with E-state index in [1.807, 2.05) is 19.1 Å². The van der Waals surface area contributed by atoms with Gasteiger partial charge in [-0.05, 0) is 12.5 Å². The molecule has 5 heteroatoms. The van der Waals surface area contributed by atoms with Crippen molar-refractivity contribution in [1.29, 1.82) is 0 Å². The molecule has 2 aliphatic heterocycles. The molecule has 2 unspecified atom stereocenters. The van der Waals surface area contributed by atoms with E-state index in [1.54, 1.807) is 11.8 Å². The number of ketones is 1. The minimum atomic E-state index is -0.452. The first kappa shape index (κ1) is 11.4. The Balaban J connectivity index is 2.41. The Hall–Kier alpha value is -1.07. The van der Waals surface area contributed by atoms with Gasteiger partial charge in [0.1, 0.15) is 11.4 Å². The van der Waals surface area contributed by atoms with Crippen LogP contribution in [0, 0.1) is 0 Å². The van der Waals surface area contributed by atoms with Gasteiger partial charge in [0.15, 0.2) is 5.78 Å². The summed E-state index contributed by atoms with van der Waals surface area (Å²) < 4.78 is 0. The van der Waals surface area contributed by atoms with Crippen LogP contribution in [-0.4, -0.2) is 33.8 Å². The zero-order valence-electron chi connectivity index (χ0n) is 9.27. The number of nitrogens with two attached hydrogens (primary N) is 1. The lowest BCUT2D eigenvalue weighted by atomic mass is 10.0. The van der Waals surface area contributed by atoms with Crippen LogP contribution in [0.15, 0.2) is 23.4 Å². The SMILES string of the molecule is C/C=C\C1=C(C(C)=O)N2C(=O)C(N)C2SC1. The van der Waals surface area contributed by atoms with Gasteiger partial charge in [-0.15, -0.1) is 11.8 Å². The number of allylic oxidation sites excluding steroid dienone is 3. The highest BCUT2D eigenvalue weighted by atomic mass is 32.2. The molecule has 0 aliphatic carbocycles. The summed E-state index contributed by atoms with van der Waals surface area (Å²) in [5.74, 6) is 0.518. The summed E-state index contributed by atoms with van der Waals surface area (Å²) in [6.07, 6.45) is 3.76. The summed E-state index contributed by atoms with van der Waals surface area (Å²) in [5, 5.41) is -0.0552. The van der Waals surface area contributed by atoms with E-state index in [1.165, 1.54) is 11.8 Å². The molecule has 2 aliphatic rings. The molecule has 4 nitrogen and oxygen atoms in total. The number of hydrogen-bond donors (Lipinski definition) is 1. The maximum absolute atomic E-state index is 11.6. The number of fused-ring (bicyclic) bond motifs is 1. The molecule has 0 saturated carbocycles. The Kier molecular flexibility index (Phi) is 2.90. The van der Waals surface area contributed by atoms with Crippen molar-refractivity contribution in [2.24, 2.45) is 5.73 Å². The molecule has 0 aromatic carbocycles. The normalized spacial score (nSPS) is 29.4. The number of thioether (sulfide) groups is 1. The van der Waals surface area contributed by atoms with E-state index in [4.69, 9.17) is 5.73 Å². The number of carbonyl (C=O) groups is 2. The van der Waals surface area contributed by atoms with Gasteiger partial charge < -0.3 is 5.73 Å². The van der Waals surface area contributed by atoms with Crippen LogP contribution < -0.4 is 5.73 Å². The number of carbonyl (C=O) groups excluding carboxylic acids is 2. The number of hydrogen-bond acceptors (Lipinski definition) is 4. The van der Waals surface area contributed by atoms with Crippen LogP contribution in [0.2, 0.25) is 0 Å². The quantitative estimate of drug-likeness (QED) is 0.717. The lowest BCUT2D eigenvalue weighted by Crippen LogP contribution is -2.68. The first-order valence-corrected chi connectivity index (χ1v) is 6.20. The van der Waals surface area contributed by atoms with E-state index in [9.17, 15) is 9.59 Å². The molecular weight excluding hydrogens is 224 g/mol. The molecular formula is C11H14N2O2S. The first-order valence-electron chi connectivity index (χ1n) is 5.15. The van der Waals surface area contributed by atoms with Gasteiger partial charge in [-0.25, -0.2) is 0 Å². The summed E-state index contributed by atoms with van der Waals surface area (Å²) >= 11 is 1.61. The fourth-order valence-corrected chi connectivity index (χ4v) is 3.29. The van der Waals surface area contributed by atoms with Crippen molar-refractivity contribution in [2.45, 2.75) is 25.3 Å². The fourth-order valence-electron chi connectivity index (χ4n) is 2.02. The molecule has 86 valence electrons. The molecule has 0 bridgehead atoms. The largest absolute Gasteiger partial charge is 0.317 e. The van der Waals surface area contributed by atoms with Crippen LogP contribution in [0.25, 0.3) is 0 Å². The number of amides is 1. The molecule has 2 heterocycles. The summed E-state index contributed by atoms with van der Waals surface area (Å²) in [5.41, 5.74) is 7.13. The van der Waals surface area contributed by atoms with Crippen LogP contribution in [-0.2, 0) is 9.59 Å². The van der Waals surface area contributed by atoms with Crippen molar-refractivity contribution < 1.29 is 9.59 Å². The van der Waals surface area contributed by atoms with E-state index >= 15 is 0 Å². The van der Waals surface area contributed by atoms with Crippen molar-refractivity contribution >= 4 is 23.5 Å². The highest BCUT2D eigenvalue weighted by Crippen LogP contribution is 2.39. The predicted octanol–water partition coefficient (Wildman–Crippen LogP) is 0.648. The lowest BCUT2D eigenvalue weighted by molar-refractivity contribution is -0.143. The lowest BCUT2D eigenvalue weighted by Gasteiger charge is -2.48. The number of β-lactam (4-membered cyclic amide) rings is 1. The van der Waals surface area contributed by atoms with E-state index in [0.717, 1.165) is 11.3 Å². The van der Waals surface area contributed by atoms with Crippen molar-refractivity contribution in [1.82, 2.24) is 4.90 Å². The van der Waals surface area contributed by atoms with Crippen LogP contribution in [0.3, 0.4) is 0 Å². The highest BCUT2D eigenvalue weighted by Gasteiger charge is 2.50. The second-order valence-corrected chi connectivity index (χ2v) is 4.97. The Morgan fingerprint density at radius 1 is 1.62 bits per heavy atom. The third-order valence-corrected chi connectivity index (χ3v) is 4.06. The van der Waals surface area contributed by atoms with Crippen molar-refractivity contribution in [3.8, 4) is 0 Å². The molecule has 0 spiro atoms. The summed E-state index contributed by atoms with van der Waals surface area (Å²) in [4.78, 5) is 24.8. The van der Waals surface area contributed by atoms with Gasteiger partial charge in [0.2, 0.25) is 5.91 Å². The number of Topliss-reactive ketones (excluding diaryl/α,β-unsaturated/α-hetero) is 1. The highest BCUT2D eigenvalue weighted by molar-refractivity contribution is 8.00. The molecule has 0 aromatic heterocycles. The van der Waals surface area contributed by atoms with E-state index in [2.05, 4.69) is 0 Å². The second kappa shape index (κ2) is 4.07. The van der Waals surface area contributed by atoms with Gasteiger partial charge in [-0.2, -0.15) is 0 Å². The first-order chi connectivity index (χ1) is 7.57. The smallest absolute Gasteiger partial charge is 0.248 e. The molecule has 1 saturated heterocycles. The Morgan fingerprint density at radius 3 is 2.88 bits per heavy atom. The standard InChI is InChI=1S/C11H14N2O2S/c1-3-4-7-5-16-11-8(12)10(15)13(11)9(7)6(2)14/h3-4,8,11H,5,12H2,1-2H3/b4-3-. The third-order valence-electron chi connectivity index (χ3n) is 2.74. The van der Waals surface area contributed by atoms with Crippen molar-refractivity contribution in [3.63, 3.8) is 0 Å². The van der Waals surface area contributed by atoms with Gasteiger partial charge in [0, 0.05) is 12.7 Å². The van der Waals surface area contributed by atoms with Crippen molar-refractivity contribution in [2.75, 3.05) is 5.75 Å². The zero-order valence-corrected chi connectivity index (χ0v) is 10.1. The predicted molar refractivity (Wildman–Crippen MR) is 63.6 cm³/mol. The molecule has 2 atom stereocenters. The van der Waals surface area contributed by atoms with Gasteiger partial charge >= 0.3 is 0 Å². The Morgan fingerprint density at radius 2 is 2.31 bits per heavy atom. The van der Waals surface area contributed by atoms with Crippen LogP contribution in [0.4, 0.5) is 0 Å². The molecule has 0 aromatic rings. The minimum Gasteiger partial charge on any atom is -0.317 e. The van der Waals surface area contributed by atoms with Gasteiger partial charge in [-0.3, -0.25) is 14.5 Å². The van der Waals surface area contributed by atoms with Crippen LogP contribution in [0.5, 0.6) is 0 Å². The Labute approximate surface area is 98.5 Å². The topological polar surface area (TPSA) is 63.4 Å². The van der Waals surface area contributed by atoms with Gasteiger partial charge in [0.25, 0.3) is 0 Å². The van der Waals surface area contributed by atoms with E-state index in [0.29, 0.717) is 5.70 Å². The van der Waals surface area contributed by atoms with Gasteiger partial charge in [-0.1, -0.05) is 12.2 Å². The third kappa shape index (κ3) is 1.51. The van der Waals surface area contributed by atoms with Gasteiger partial charge in [0.05, 0.1) is 5.70 Å². The van der Waals surface area contributed by atoms with E-state index in [-0.39, 0.29) is 17.1 Å². The van der Waals surface area contributed by atoms with E-state index < -0.39 is 6.04 Å². The fraction of sp³-hybridized carbons (Fsp3) is 0.455. The number of nitrogens with zero attached hydrogens (tertiary/aromatic N) is 1. The van der Waals surface area contributed by atoms with Crippen molar-refractivity contribution in [3.05, 3.63) is 23.4 Å². The van der Waals surface area contributed by atoms with Crippen LogP contribution >= 0.6 is 11.8 Å². The minimum absolute atomic E-state index is 0.0552. The summed E-state index contributed by atoms with van der Waals surface area (Å²) in [7, 11) is 0. The molecule has 1 fully saturated rings. The average Bonchev–Trinajstić information content (AvgIpc) is 2.27. The molecule has 2 N–H and O–H groups in total. The molecule has 16 heavy (non-hydrogen) atoms. The maximum Gasteiger partial charge on any atom is 0.248 e. The molecule has 1 amide bonds. The van der Waals surface area contributed by atoms with Crippen LogP contribution in [0.1, 0.15) is 13.8 Å².